The van der Waals surface area contributed by atoms with E-state index in [9.17, 15) is 9.59 Å². The number of carboxylic acid groups (broad SMARTS) is 1. The van der Waals surface area contributed by atoms with Crippen molar-refractivity contribution < 1.29 is 14.7 Å². The van der Waals surface area contributed by atoms with Crippen LogP contribution in [0.4, 0.5) is 5.69 Å². The number of carbonyl (C=O) groups excluding carboxylic acids is 1. The second-order valence-corrected chi connectivity index (χ2v) is 5.53. The number of nitrogens with one attached hydrogen (secondary N) is 1. The van der Waals surface area contributed by atoms with E-state index in [2.05, 4.69) is 5.32 Å². The van der Waals surface area contributed by atoms with E-state index in [-0.39, 0.29) is 16.9 Å². The molecule has 20 heavy (non-hydrogen) atoms. The van der Waals surface area contributed by atoms with Crippen molar-refractivity contribution in [3.8, 4) is 0 Å². The van der Waals surface area contributed by atoms with E-state index in [4.69, 9.17) is 5.11 Å². The van der Waals surface area contributed by atoms with Gasteiger partial charge in [-0.05, 0) is 50.2 Å². The van der Waals surface area contributed by atoms with Crippen LogP contribution in [-0.2, 0) is 4.79 Å². The molecule has 0 saturated carbocycles. The van der Waals surface area contributed by atoms with Crippen LogP contribution in [0.15, 0.2) is 24.3 Å². The number of rotatable bonds is 3. The van der Waals surface area contributed by atoms with Gasteiger partial charge in [0, 0.05) is 18.2 Å². The van der Waals surface area contributed by atoms with Gasteiger partial charge in [-0.1, -0.05) is 6.92 Å². The molecule has 0 aromatic heterocycles. The first-order chi connectivity index (χ1) is 9.44. The molecule has 1 heterocycles. The standard InChI is InChI=1S/C15H20N2O3/c1-15(7-9-16-10-8-15)14(20)17(2)12-5-3-11(4-6-12)13(18)19/h3-6,16H,7-10H2,1-2H3,(H,18,19). The molecular formula is C15H20N2O3. The van der Waals surface area contributed by atoms with Gasteiger partial charge in [0.25, 0.3) is 0 Å². The fourth-order valence-electron chi connectivity index (χ4n) is 2.54. The zero-order valence-corrected chi connectivity index (χ0v) is 11.8. The number of nitrogens with zero attached hydrogens (tertiary/aromatic N) is 1. The second kappa shape index (κ2) is 5.63. The summed E-state index contributed by atoms with van der Waals surface area (Å²) in [4.78, 5) is 25.1. The van der Waals surface area contributed by atoms with Crippen LogP contribution < -0.4 is 10.2 Å². The number of amides is 1. The van der Waals surface area contributed by atoms with Gasteiger partial charge in [-0.3, -0.25) is 4.79 Å². The van der Waals surface area contributed by atoms with Crippen LogP contribution in [0.3, 0.4) is 0 Å². The van der Waals surface area contributed by atoms with Crippen LogP contribution in [0, 0.1) is 5.41 Å². The van der Waals surface area contributed by atoms with Gasteiger partial charge in [-0.2, -0.15) is 0 Å². The first-order valence-corrected chi connectivity index (χ1v) is 6.76. The lowest BCUT2D eigenvalue weighted by Gasteiger charge is -2.36. The highest BCUT2D eigenvalue weighted by atomic mass is 16.4. The third kappa shape index (κ3) is 2.82. The van der Waals surface area contributed by atoms with Crippen molar-refractivity contribution in [1.29, 1.82) is 0 Å². The average Bonchev–Trinajstić information content (AvgIpc) is 2.46. The molecule has 1 aromatic rings. The van der Waals surface area contributed by atoms with Crippen molar-refractivity contribution in [2.45, 2.75) is 19.8 Å². The zero-order valence-electron chi connectivity index (χ0n) is 11.8. The predicted octanol–water partition coefficient (Wildman–Crippen LogP) is 1.74. The van der Waals surface area contributed by atoms with Gasteiger partial charge in [0.2, 0.25) is 5.91 Å². The molecule has 1 aromatic carbocycles. The third-order valence-electron chi connectivity index (χ3n) is 4.03. The lowest BCUT2D eigenvalue weighted by Crippen LogP contribution is -2.46. The highest BCUT2D eigenvalue weighted by Gasteiger charge is 2.36. The van der Waals surface area contributed by atoms with Crippen molar-refractivity contribution in [1.82, 2.24) is 5.32 Å². The number of aromatic carboxylic acids is 1. The molecule has 5 nitrogen and oxygen atoms in total. The number of carboxylic acids is 1. The van der Waals surface area contributed by atoms with E-state index in [1.165, 1.54) is 12.1 Å². The fraction of sp³-hybridized carbons (Fsp3) is 0.467. The monoisotopic (exact) mass is 276 g/mol. The molecule has 0 atom stereocenters. The predicted molar refractivity (Wildman–Crippen MR) is 77.0 cm³/mol. The third-order valence-corrected chi connectivity index (χ3v) is 4.03. The Morgan fingerprint density at radius 1 is 1.20 bits per heavy atom. The lowest BCUT2D eigenvalue weighted by atomic mass is 9.79. The summed E-state index contributed by atoms with van der Waals surface area (Å²) in [5, 5.41) is 12.1. The van der Waals surface area contributed by atoms with Crippen LogP contribution in [0.1, 0.15) is 30.1 Å². The Labute approximate surface area is 118 Å². The maximum atomic E-state index is 12.6. The van der Waals surface area contributed by atoms with E-state index in [1.54, 1.807) is 24.1 Å². The summed E-state index contributed by atoms with van der Waals surface area (Å²) in [6.07, 6.45) is 1.65. The molecular weight excluding hydrogens is 256 g/mol. The molecule has 1 amide bonds. The van der Waals surface area contributed by atoms with Crippen molar-refractivity contribution in [3.63, 3.8) is 0 Å². The Morgan fingerprint density at radius 2 is 1.75 bits per heavy atom. The molecule has 0 spiro atoms. The average molecular weight is 276 g/mol. The molecule has 0 unspecified atom stereocenters. The van der Waals surface area contributed by atoms with Gasteiger partial charge >= 0.3 is 5.97 Å². The van der Waals surface area contributed by atoms with Crippen molar-refractivity contribution in [2.24, 2.45) is 5.41 Å². The Hall–Kier alpha value is -1.88. The molecule has 1 fully saturated rings. The van der Waals surface area contributed by atoms with Crippen molar-refractivity contribution in [3.05, 3.63) is 29.8 Å². The maximum absolute atomic E-state index is 12.6. The van der Waals surface area contributed by atoms with E-state index in [1.807, 2.05) is 6.92 Å². The summed E-state index contributed by atoms with van der Waals surface area (Å²) >= 11 is 0. The normalized spacial score (nSPS) is 17.5. The minimum atomic E-state index is -0.962. The second-order valence-electron chi connectivity index (χ2n) is 5.53. The summed E-state index contributed by atoms with van der Waals surface area (Å²) in [7, 11) is 1.74. The number of piperidine rings is 1. The number of carbonyl (C=O) groups is 2. The first kappa shape index (κ1) is 14.5. The maximum Gasteiger partial charge on any atom is 0.335 e. The summed E-state index contributed by atoms with van der Waals surface area (Å²) in [5.41, 5.74) is 0.605. The molecule has 0 aliphatic carbocycles. The van der Waals surface area contributed by atoms with Crippen molar-refractivity contribution >= 4 is 17.6 Å². The van der Waals surface area contributed by atoms with Gasteiger partial charge < -0.3 is 15.3 Å². The molecule has 1 aliphatic rings. The quantitative estimate of drug-likeness (QED) is 0.882. The van der Waals surface area contributed by atoms with Crippen LogP contribution >= 0.6 is 0 Å². The molecule has 108 valence electrons. The smallest absolute Gasteiger partial charge is 0.335 e. The van der Waals surface area contributed by atoms with E-state index in [0.29, 0.717) is 0 Å². The van der Waals surface area contributed by atoms with Gasteiger partial charge in [0.05, 0.1) is 5.56 Å². The van der Waals surface area contributed by atoms with E-state index in [0.717, 1.165) is 31.6 Å². The van der Waals surface area contributed by atoms with Crippen molar-refractivity contribution in [2.75, 3.05) is 25.0 Å². The minimum Gasteiger partial charge on any atom is -0.478 e. The van der Waals surface area contributed by atoms with Crippen LogP contribution in [0.2, 0.25) is 0 Å². The Bertz CT molecular complexity index is 504. The molecule has 5 heteroatoms. The van der Waals surface area contributed by atoms with E-state index < -0.39 is 5.97 Å². The largest absolute Gasteiger partial charge is 0.478 e. The van der Waals surface area contributed by atoms with Crippen LogP contribution in [-0.4, -0.2) is 37.1 Å². The number of benzene rings is 1. The molecule has 0 radical (unpaired) electrons. The molecule has 2 rings (SSSR count). The summed E-state index contributed by atoms with van der Waals surface area (Å²) in [6, 6.07) is 6.38. The number of anilines is 1. The van der Waals surface area contributed by atoms with Crippen LogP contribution in [0.25, 0.3) is 0 Å². The number of hydrogen-bond donors (Lipinski definition) is 2. The molecule has 0 bridgehead atoms. The summed E-state index contributed by atoms with van der Waals surface area (Å²) in [5.74, 6) is -0.877. The van der Waals surface area contributed by atoms with Gasteiger partial charge in [-0.15, -0.1) is 0 Å². The topological polar surface area (TPSA) is 69.6 Å². The first-order valence-electron chi connectivity index (χ1n) is 6.76. The SMILES string of the molecule is CN(C(=O)C1(C)CCNCC1)c1ccc(C(=O)O)cc1. The molecule has 1 saturated heterocycles. The highest BCUT2D eigenvalue weighted by molar-refractivity contribution is 5.97. The molecule has 1 aliphatic heterocycles. The lowest BCUT2D eigenvalue weighted by molar-refractivity contribution is -0.128. The number of hydrogen-bond acceptors (Lipinski definition) is 3. The zero-order chi connectivity index (χ0) is 14.8. The Morgan fingerprint density at radius 3 is 2.25 bits per heavy atom. The highest BCUT2D eigenvalue weighted by Crippen LogP contribution is 2.31. The molecule has 2 N–H and O–H groups in total. The minimum absolute atomic E-state index is 0.0853. The fourth-order valence-corrected chi connectivity index (χ4v) is 2.54. The summed E-state index contributed by atoms with van der Waals surface area (Å²) < 4.78 is 0. The van der Waals surface area contributed by atoms with Crippen LogP contribution in [0.5, 0.6) is 0 Å². The van der Waals surface area contributed by atoms with Gasteiger partial charge in [0.15, 0.2) is 0 Å². The Balaban J connectivity index is 2.15. The van der Waals surface area contributed by atoms with Gasteiger partial charge in [-0.25, -0.2) is 4.79 Å². The van der Waals surface area contributed by atoms with E-state index >= 15 is 0 Å². The summed E-state index contributed by atoms with van der Waals surface area (Å²) in [6.45, 7) is 3.71. The Kier molecular flexibility index (Phi) is 4.09. The van der Waals surface area contributed by atoms with Gasteiger partial charge in [0.1, 0.15) is 0 Å².